The van der Waals surface area contributed by atoms with Gasteiger partial charge in [-0.2, -0.15) is 0 Å². The van der Waals surface area contributed by atoms with Gasteiger partial charge in [0.15, 0.2) is 0 Å². The minimum absolute atomic E-state index is 0.0171. The second kappa shape index (κ2) is 11.8. The maximum absolute atomic E-state index is 8.71. The molecular weight excluding hydrogens is 599 g/mol. The molecule has 1 aliphatic carbocycles. The molecule has 0 atom stereocenters. The Labute approximate surface area is 286 Å². The number of pyridine rings is 1. The lowest BCUT2D eigenvalue weighted by molar-refractivity contribution is 0.538. The van der Waals surface area contributed by atoms with Crippen LogP contribution in [0.5, 0.6) is 0 Å². The second-order valence-electron chi connectivity index (χ2n) is 13.5. The molecule has 0 bridgehead atoms. The molecule has 0 aliphatic heterocycles. The number of fused-ring (bicyclic) bond motifs is 3. The maximum atomic E-state index is 8.71. The van der Waals surface area contributed by atoms with E-state index in [1.54, 1.807) is 0 Å². The first-order valence-electron chi connectivity index (χ1n) is 16.6. The molecule has 1 heterocycles. The lowest BCUT2D eigenvalue weighted by Gasteiger charge is -2.20. The SMILES string of the molecule is CC(C)(C)c1ccc(C(=N)OC(=N)c2ccc(-c3nc(-c4ccccc4)c4c(c3-c3ccccc3)-c3cccc5cccc-4c35)cc2)cc1. The lowest BCUT2D eigenvalue weighted by atomic mass is 9.87. The molecule has 4 nitrogen and oxygen atoms in total. The molecule has 2 N–H and O–H groups in total. The van der Waals surface area contributed by atoms with Crippen molar-refractivity contribution in [2.24, 2.45) is 0 Å². The largest absolute Gasteiger partial charge is 0.421 e. The molecular formula is C45H35N3O. The fraction of sp³-hybridized carbons (Fsp3) is 0.0889. The third-order valence-corrected chi connectivity index (χ3v) is 9.39. The number of hydrogen-bond acceptors (Lipinski definition) is 4. The molecule has 0 saturated carbocycles. The molecule has 8 rings (SSSR count). The fourth-order valence-corrected chi connectivity index (χ4v) is 6.90. The molecule has 0 unspecified atom stereocenters. The number of nitrogens with one attached hydrogen (secondary N) is 2. The van der Waals surface area contributed by atoms with Gasteiger partial charge < -0.3 is 4.74 Å². The minimum Gasteiger partial charge on any atom is -0.421 e. The summed E-state index contributed by atoms with van der Waals surface area (Å²) in [5.41, 5.74) is 13.2. The quantitative estimate of drug-likeness (QED) is 0.146. The first-order valence-corrected chi connectivity index (χ1v) is 16.6. The van der Waals surface area contributed by atoms with Gasteiger partial charge in [0.25, 0.3) is 0 Å². The van der Waals surface area contributed by atoms with Gasteiger partial charge in [0.1, 0.15) is 0 Å². The van der Waals surface area contributed by atoms with E-state index >= 15 is 0 Å². The van der Waals surface area contributed by atoms with Crippen LogP contribution < -0.4 is 0 Å². The number of ether oxygens (including phenoxy) is 1. The summed E-state index contributed by atoms with van der Waals surface area (Å²) >= 11 is 0. The highest BCUT2D eigenvalue weighted by molar-refractivity contribution is 6.21. The third kappa shape index (κ3) is 5.32. The summed E-state index contributed by atoms with van der Waals surface area (Å²) in [5.74, 6) is -0.129. The van der Waals surface area contributed by atoms with Crippen LogP contribution in [0.2, 0.25) is 0 Å². The summed E-state index contributed by atoms with van der Waals surface area (Å²) in [6, 6.07) is 49.6. The summed E-state index contributed by atoms with van der Waals surface area (Å²) in [7, 11) is 0. The van der Waals surface area contributed by atoms with Crippen molar-refractivity contribution in [2.45, 2.75) is 26.2 Å². The summed E-state index contributed by atoms with van der Waals surface area (Å²) in [6.45, 7) is 6.48. The topological polar surface area (TPSA) is 69.8 Å². The van der Waals surface area contributed by atoms with Crippen molar-refractivity contribution in [1.82, 2.24) is 4.98 Å². The summed E-state index contributed by atoms with van der Waals surface area (Å²) < 4.78 is 5.74. The Balaban J connectivity index is 1.24. The molecule has 236 valence electrons. The molecule has 0 spiro atoms. The average molecular weight is 634 g/mol. The van der Waals surface area contributed by atoms with Crippen molar-refractivity contribution in [3.63, 3.8) is 0 Å². The second-order valence-corrected chi connectivity index (χ2v) is 13.5. The summed E-state index contributed by atoms with van der Waals surface area (Å²) in [4.78, 5) is 5.50. The van der Waals surface area contributed by atoms with Crippen LogP contribution in [-0.4, -0.2) is 16.8 Å². The average Bonchev–Trinajstić information content (AvgIpc) is 3.47. The summed E-state index contributed by atoms with van der Waals surface area (Å²) in [5, 5.41) is 19.7. The summed E-state index contributed by atoms with van der Waals surface area (Å²) in [6.07, 6.45) is 0. The van der Waals surface area contributed by atoms with Gasteiger partial charge in [-0.1, -0.05) is 142 Å². The van der Waals surface area contributed by atoms with Crippen molar-refractivity contribution >= 4 is 22.6 Å². The van der Waals surface area contributed by atoms with Crippen LogP contribution in [0.25, 0.3) is 66.7 Å². The third-order valence-electron chi connectivity index (χ3n) is 9.39. The van der Waals surface area contributed by atoms with Gasteiger partial charge >= 0.3 is 0 Å². The van der Waals surface area contributed by atoms with E-state index in [-0.39, 0.29) is 17.2 Å². The van der Waals surface area contributed by atoms with E-state index in [4.69, 9.17) is 20.5 Å². The first-order chi connectivity index (χ1) is 23.8. The smallest absolute Gasteiger partial charge is 0.221 e. The van der Waals surface area contributed by atoms with Gasteiger partial charge in [-0.05, 0) is 62.7 Å². The minimum atomic E-state index is -0.0752. The maximum Gasteiger partial charge on any atom is 0.221 e. The number of hydrogen-bond donors (Lipinski definition) is 2. The molecule has 0 radical (unpaired) electrons. The Bertz CT molecular complexity index is 2380. The highest BCUT2D eigenvalue weighted by atomic mass is 16.5. The standard InChI is InChI=1S/C45H35N3O/c1-45(2,3)34-26-24-33(25-27-34)44(47)49-43(46)32-22-20-31(21-23-32)41-38(29-12-6-4-7-13-29)39-35-18-10-16-28-17-11-19-36(37(28)35)40(39)42(48-41)30-14-8-5-9-15-30/h4-27,46-47H,1-3H3. The molecule has 49 heavy (non-hydrogen) atoms. The zero-order valence-corrected chi connectivity index (χ0v) is 27.7. The van der Waals surface area contributed by atoms with Crippen LogP contribution in [0.15, 0.2) is 146 Å². The number of nitrogens with zero attached hydrogens (tertiary/aromatic N) is 1. The molecule has 7 aromatic rings. The molecule has 1 aromatic heterocycles. The fourth-order valence-electron chi connectivity index (χ4n) is 6.90. The Morgan fingerprint density at radius 2 is 0.980 bits per heavy atom. The predicted molar refractivity (Wildman–Crippen MR) is 202 cm³/mol. The Morgan fingerprint density at radius 1 is 0.490 bits per heavy atom. The number of aromatic nitrogens is 1. The van der Waals surface area contributed by atoms with Crippen LogP contribution in [0.3, 0.4) is 0 Å². The van der Waals surface area contributed by atoms with Gasteiger partial charge in [0.05, 0.1) is 11.4 Å². The van der Waals surface area contributed by atoms with E-state index in [0.717, 1.165) is 39.2 Å². The Hall–Kier alpha value is -6.13. The molecule has 4 heteroatoms. The van der Waals surface area contributed by atoms with E-state index in [1.807, 2.05) is 60.7 Å². The van der Waals surface area contributed by atoms with Crippen molar-refractivity contribution < 1.29 is 4.74 Å². The van der Waals surface area contributed by atoms with Crippen LogP contribution in [0.1, 0.15) is 37.5 Å². The number of benzene rings is 6. The van der Waals surface area contributed by atoms with Crippen molar-refractivity contribution in [3.05, 3.63) is 162 Å². The molecule has 6 aromatic carbocycles. The van der Waals surface area contributed by atoms with Gasteiger partial charge in [-0.25, -0.2) is 4.98 Å². The van der Waals surface area contributed by atoms with Crippen molar-refractivity contribution in [3.8, 4) is 55.9 Å². The van der Waals surface area contributed by atoms with Crippen LogP contribution in [-0.2, 0) is 10.2 Å². The molecule has 0 saturated heterocycles. The van der Waals surface area contributed by atoms with Crippen molar-refractivity contribution in [1.29, 1.82) is 10.8 Å². The van der Waals surface area contributed by atoms with E-state index < -0.39 is 0 Å². The van der Waals surface area contributed by atoms with Crippen LogP contribution in [0, 0.1) is 10.8 Å². The van der Waals surface area contributed by atoms with Gasteiger partial charge in [-0.3, -0.25) is 10.8 Å². The highest BCUT2D eigenvalue weighted by Crippen LogP contribution is 2.55. The Kier molecular flexibility index (Phi) is 7.30. The predicted octanol–water partition coefficient (Wildman–Crippen LogP) is 11.5. The molecule has 0 amide bonds. The van der Waals surface area contributed by atoms with E-state index in [9.17, 15) is 0 Å². The Morgan fingerprint density at radius 3 is 1.55 bits per heavy atom. The van der Waals surface area contributed by atoms with E-state index in [0.29, 0.717) is 11.1 Å². The van der Waals surface area contributed by atoms with Crippen LogP contribution in [0.4, 0.5) is 0 Å². The first kappa shape index (κ1) is 30.2. The molecule has 1 aliphatic rings. The monoisotopic (exact) mass is 633 g/mol. The zero-order chi connectivity index (χ0) is 33.7. The zero-order valence-electron chi connectivity index (χ0n) is 27.7. The van der Waals surface area contributed by atoms with Gasteiger partial charge in [-0.15, -0.1) is 0 Å². The van der Waals surface area contributed by atoms with Crippen LogP contribution >= 0.6 is 0 Å². The molecule has 0 fully saturated rings. The lowest BCUT2D eigenvalue weighted by Crippen LogP contribution is -2.14. The van der Waals surface area contributed by atoms with E-state index in [1.165, 1.54) is 33.0 Å². The van der Waals surface area contributed by atoms with Gasteiger partial charge in [0.2, 0.25) is 11.8 Å². The highest BCUT2D eigenvalue weighted by Gasteiger charge is 2.31. The van der Waals surface area contributed by atoms with E-state index in [2.05, 4.69) is 106 Å². The van der Waals surface area contributed by atoms with Crippen molar-refractivity contribution in [2.75, 3.05) is 0 Å². The van der Waals surface area contributed by atoms with Gasteiger partial charge in [0, 0.05) is 38.9 Å². The number of rotatable bonds is 5. The normalized spacial score (nSPS) is 11.7.